The van der Waals surface area contributed by atoms with Crippen molar-refractivity contribution in [2.45, 2.75) is 19.8 Å². The Balaban J connectivity index is 1.97. The predicted molar refractivity (Wildman–Crippen MR) is 92.6 cm³/mol. The number of hydrogen-bond donors (Lipinski definition) is 2. The first-order valence-electron chi connectivity index (χ1n) is 7.43. The maximum atomic E-state index is 12.0. The Kier molecular flexibility index (Phi) is 5.82. The lowest BCUT2D eigenvalue weighted by Crippen LogP contribution is -2.21. The molecule has 0 aliphatic rings. The second-order valence-electron chi connectivity index (χ2n) is 5.53. The van der Waals surface area contributed by atoms with Gasteiger partial charge in [-0.05, 0) is 35.7 Å². The van der Waals surface area contributed by atoms with Crippen molar-refractivity contribution < 1.29 is 19.4 Å². The lowest BCUT2D eigenvalue weighted by atomic mass is 10.0. The van der Waals surface area contributed by atoms with Crippen LogP contribution in [0, 0.1) is 0 Å². The van der Waals surface area contributed by atoms with Crippen molar-refractivity contribution in [2.24, 2.45) is 0 Å². The van der Waals surface area contributed by atoms with E-state index in [1.807, 2.05) is 32.0 Å². The summed E-state index contributed by atoms with van der Waals surface area (Å²) < 4.78 is 4.93. The minimum Gasteiger partial charge on any atom is -0.507 e. The number of phenolic OH excluding ortho intramolecular Hbond substituents is 1. The number of phenols is 1. The Labute approximate surface area is 145 Å². The number of amides is 1. The third kappa shape index (κ3) is 4.49. The first kappa shape index (κ1) is 17.8. The third-order valence-corrected chi connectivity index (χ3v) is 3.61. The minimum absolute atomic E-state index is 0.0465. The molecule has 2 aromatic rings. The van der Waals surface area contributed by atoms with Crippen molar-refractivity contribution in [3.05, 3.63) is 58.6 Å². The van der Waals surface area contributed by atoms with E-state index in [4.69, 9.17) is 16.3 Å². The fraction of sp³-hybridized carbons (Fsp3) is 0.222. The highest BCUT2D eigenvalue weighted by molar-refractivity contribution is 6.30. The summed E-state index contributed by atoms with van der Waals surface area (Å²) in [6.45, 7) is 3.59. The van der Waals surface area contributed by atoms with Gasteiger partial charge in [0.25, 0.3) is 5.91 Å². The molecule has 2 rings (SSSR count). The van der Waals surface area contributed by atoms with Crippen molar-refractivity contribution >= 4 is 29.2 Å². The van der Waals surface area contributed by atoms with Crippen LogP contribution in [0.4, 0.5) is 5.69 Å². The van der Waals surface area contributed by atoms with Crippen LogP contribution in [0.2, 0.25) is 5.02 Å². The molecule has 0 saturated heterocycles. The summed E-state index contributed by atoms with van der Waals surface area (Å²) in [6, 6.07) is 11.5. The molecule has 0 unspecified atom stereocenters. The van der Waals surface area contributed by atoms with E-state index in [9.17, 15) is 14.7 Å². The van der Waals surface area contributed by atoms with E-state index >= 15 is 0 Å². The highest BCUT2D eigenvalue weighted by Crippen LogP contribution is 2.24. The average Bonchev–Trinajstić information content (AvgIpc) is 2.53. The Morgan fingerprint density at radius 3 is 2.58 bits per heavy atom. The summed E-state index contributed by atoms with van der Waals surface area (Å²) in [5.41, 5.74) is 1.63. The van der Waals surface area contributed by atoms with E-state index < -0.39 is 18.5 Å². The molecular formula is C18H18ClNO4. The molecular weight excluding hydrogens is 330 g/mol. The van der Waals surface area contributed by atoms with Gasteiger partial charge in [0.15, 0.2) is 6.61 Å². The third-order valence-electron chi connectivity index (χ3n) is 3.37. The molecule has 0 spiro atoms. The summed E-state index contributed by atoms with van der Waals surface area (Å²) in [4.78, 5) is 23.9. The van der Waals surface area contributed by atoms with Gasteiger partial charge in [0.1, 0.15) is 11.3 Å². The van der Waals surface area contributed by atoms with Crippen molar-refractivity contribution in [1.82, 2.24) is 0 Å². The van der Waals surface area contributed by atoms with E-state index in [1.54, 1.807) is 6.07 Å². The van der Waals surface area contributed by atoms with Crippen LogP contribution in [0.15, 0.2) is 42.5 Å². The fourth-order valence-electron chi connectivity index (χ4n) is 2.19. The molecule has 0 fully saturated rings. The molecule has 0 aliphatic heterocycles. The van der Waals surface area contributed by atoms with Crippen molar-refractivity contribution in [1.29, 1.82) is 0 Å². The SMILES string of the molecule is CC(C)c1ccccc1NC(=O)COC(=O)c1ccc(Cl)cc1O. The van der Waals surface area contributed by atoms with Gasteiger partial charge in [-0.3, -0.25) is 4.79 Å². The summed E-state index contributed by atoms with van der Waals surface area (Å²) in [5.74, 6) is -1.30. The van der Waals surface area contributed by atoms with Crippen LogP contribution in [0.1, 0.15) is 35.7 Å². The van der Waals surface area contributed by atoms with Gasteiger partial charge in [0.2, 0.25) is 0 Å². The maximum Gasteiger partial charge on any atom is 0.342 e. The van der Waals surface area contributed by atoms with Crippen LogP contribution in [0.25, 0.3) is 0 Å². The van der Waals surface area contributed by atoms with E-state index in [0.29, 0.717) is 10.7 Å². The first-order valence-corrected chi connectivity index (χ1v) is 7.80. The topological polar surface area (TPSA) is 75.6 Å². The number of halogens is 1. The Hall–Kier alpha value is -2.53. The van der Waals surface area contributed by atoms with Crippen molar-refractivity contribution in [3.8, 4) is 5.75 Å². The zero-order valence-electron chi connectivity index (χ0n) is 13.4. The number of ether oxygens (including phenoxy) is 1. The van der Waals surface area contributed by atoms with Gasteiger partial charge in [-0.1, -0.05) is 43.6 Å². The zero-order chi connectivity index (χ0) is 17.7. The number of esters is 1. The van der Waals surface area contributed by atoms with Crippen LogP contribution in [0.3, 0.4) is 0 Å². The molecule has 5 nitrogen and oxygen atoms in total. The monoisotopic (exact) mass is 347 g/mol. The molecule has 2 N–H and O–H groups in total. The lowest BCUT2D eigenvalue weighted by Gasteiger charge is -2.13. The molecule has 0 heterocycles. The summed E-state index contributed by atoms with van der Waals surface area (Å²) in [5, 5.41) is 12.7. The number of aromatic hydroxyl groups is 1. The second-order valence-corrected chi connectivity index (χ2v) is 5.96. The number of benzene rings is 2. The Morgan fingerprint density at radius 2 is 1.92 bits per heavy atom. The van der Waals surface area contributed by atoms with Gasteiger partial charge >= 0.3 is 5.97 Å². The van der Waals surface area contributed by atoms with Crippen LogP contribution >= 0.6 is 11.6 Å². The van der Waals surface area contributed by atoms with Crippen LogP contribution < -0.4 is 5.32 Å². The van der Waals surface area contributed by atoms with Gasteiger partial charge in [-0.15, -0.1) is 0 Å². The lowest BCUT2D eigenvalue weighted by molar-refractivity contribution is -0.119. The minimum atomic E-state index is -0.795. The predicted octanol–water partition coefficient (Wildman–Crippen LogP) is 3.96. The molecule has 6 heteroatoms. The summed E-state index contributed by atoms with van der Waals surface area (Å²) in [6.07, 6.45) is 0. The van der Waals surface area contributed by atoms with E-state index in [2.05, 4.69) is 5.32 Å². The van der Waals surface area contributed by atoms with Gasteiger partial charge in [0, 0.05) is 10.7 Å². The number of carbonyl (C=O) groups excluding carboxylic acids is 2. The number of para-hydroxylation sites is 1. The number of hydrogen-bond acceptors (Lipinski definition) is 4. The molecule has 1 amide bonds. The molecule has 0 radical (unpaired) electrons. The highest BCUT2D eigenvalue weighted by atomic mass is 35.5. The maximum absolute atomic E-state index is 12.0. The molecule has 0 aliphatic carbocycles. The molecule has 24 heavy (non-hydrogen) atoms. The second kappa shape index (κ2) is 7.84. The molecule has 2 aromatic carbocycles. The number of rotatable bonds is 5. The molecule has 0 bridgehead atoms. The standard InChI is InChI=1S/C18H18ClNO4/c1-11(2)13-5-3-4-6-15(13)20-17(22)10-24-18(23)14-8-7-12(19)9-16(14)21/h3-9,11,21H,10H2,1-2H3,(H,20,22). The summed E-state index contributed by atoms with van der Waals surface area (Å²) >= 11 is 5.70. The number of carbonyl (C=O) groups is 2. The first-order chi connectivity index (χ1) is 11.4. The molecule has 126 valence electrons. The van der Waals surface area contributed by atoms with Gasteiger partial charge in [0.05, 0.1) is 0 Å². The Bertz CT molecular complexity index is 758. The van der Waals surface area contributed by atoms with Crippen molar-refractivity contribution in [2.75, 3.05) is 11.9 Å². The molecule has 0 aromatic heterocycles. The van der Waals surface area contributed by atoms with Crippen LogP contribution in [0.5, 0.6) is 5.75 Å². The zero-order valence-corrected chi connectivity index (χ0v) is 14.1. The van der Waals surface area contributed by atoms with Gasteiger partial charge in [-0.2, -0.15) is 0 Å². The largest absolute Gasteiger partial charge is 0.507 e. The normalized spacial score (nSPS) is 10.5. The average molecular weight is 348 g/mol. The fourth-order valence-corrected chi connectivity index (χ4v) is 2.35. The quantitative estimate of drug-likeness (QED) is 0.802. The van der Waals surface area contributed by atoms with Crippen LogP contribution in [-0.4, -0.2) is 23.6 Å². The van der Waals surface area contributed by atoms with Gasteiger partial charge < -0.3 is 15.2 Å². The van der Waals surface area contributed by atoms with Crippen LogP contribution in [-0.2, 0) is 9.53 Å². The van der Waals surface area contributed by atoms with E-state index in [-0.39, 0.29) is 17.2 Å². The van der Waals surface area contributed by atoms with Crippen molar-refractivity contribution in [3.63, 3.8) is 0 Å². The molecule has 0 atom stereocenters. The number of anilines is 1. The van der Waals surface area contributed by atoms with E-state index in [1.165, 1.54) is 18.2 Å². The highest BCUT2D eigenvalue weighted by Gasteiger charge is 2.15. The van der Waals surface area contributed by atoms with E-state index in [0.717, 1.165) is 5.56 Å². The van der Waals surface area contributed by atoms with Gasteiger partial charge in [-0.25, -0.2) is 4.79 Å². The smallest absolute Gasteiger partial charge is 0.342 e. The Morgan fingerprint density at radius 1 is 1.21 bits per heavy atom. The molecule has 0 saturated carbocycles. The summed E-state index contributed by atoms with van der Waals surface area (Å²) in [7, 11) is 0. The number of nitrogens with one attached hydrogen (secondary N) is 1.